The number of ether oxygens (including phenoxy) is 3. The number of fused-ring (bicyclic) bond motifs is 1. The quantitative estimate of drug-likeness (QED) is 0.668. The molecule has 0 saturated carbocycles. The fourth-order valence-corrected chi connectivity index (χ4v) is 1.74. The van der Waals surface area contributed by atoms with E-state index in [0.717, 1.165) is 0 Å². The fourth-order valence-electron chi connectivity index (χ4n) is 1.74. The Balaban J connectivity index is 0.00000264. The van der Waals surface area contributed by atoms with Crippen LogP contribution in [0, 0.1) is 5.92 Å². The maximum absolute atomic E-state index is 12.1. The summed E-state index contributed by atoms with van der Waals surface area (Å²) in [5, 5.41) is 0. The lowest BCUT2D eigenvalue weighted by Crippen LogP contribution is -2.30. The Morgan fingerprint density at radius 2 is 1.91 bits per heavy atom. The SMILES string of the molecule is CC(C)OC(=O)OC(OC(=O)c1cc2occc2[nH]1)C(C)C.[HH]. The lowest BCUT2D eigenvalue weighted by atomic mass is 10.2. The van der Waals surface area contributed by atoms with Crippen LogP contribution < -0.4 is 0 Å². The van der Waals surface area contributed by atoms with Crippen LogP contribution in [0.25, 0.3) is 11.1 Å². The lowest BCUT2D eigenvalue weighted by Gasteiger charge is -2.21. The van der Waals surface area contributed by atoms with Gasteiger partial charge in [0.2, 0.25) is 0 Å². The maximum Gasteiger partial charge on any atom is 0.511 e. The Labute approximate surface area is 129 Å². The molecule has 0 bridgehead atoms. The normalized spacial score (nSPS) is 12.6. The summed E-state index contributed by atoms with van der Waals surface area (Å²) < 4.78 is 20.3. The number of H-pyrrole nitrogens is 1. The number of hydrogen-bond acceptors (Lipinski definition) is 6. The number of carbonyl (C=O) groups excluding carboxylic acids is 2. The van der Waals surface area contributed by atoms with E-state index in [-0.39, 0.29) is 19.1 Å². The smallest absolute Gasteiger partial charge is 0.463 e. The van der Waals surface area contributed by atoms with E-state index in [2.05, 4.69) is 4.98 Å². The second-order valence-electron chi connectivity index (χ2n) is 5.43. The Kier molecular flexibility index (Phi) is 4.75. The molecular formula is C15H21NO6. The zero-order chi connectivity index (χ0) is 16.3. The number of aromatic nitrogens is 1. The highest BCUT2D eigenvalue weighted by molar-refractivity contribution is 5.93. The summed E-state index contributed by atoms with van der Waals surface area (Å²) in [5.74, 6) is -0.857. The van der Waals surface area contributed by atoms with Crippen molar-refractivity contribution in [2.24, 2.45) is 5.92 Å². The van der Waals surface area contributed by atoms with Gasteiger partial charge in [-0.25, -0.2) is 9.59 Å². The molecule has 2 heterocycles. The van der Waals surface area contributed by atoms with Gasteiger partial charge in [-0.1, -0.05) is 13.8 Å². The molecular weight excluding hydrogens is 290 g/mol. The molecule has 122 valence electrons. The molecule has 0 aliphatic rings. The summed E-state index contributed by atoms with van der Waals surface area (Å²) in [6, 6.07) is 3.23. The molecule has 1 unspecified atom stereocenters. The standard InChI is InChI=1S/C15H19NO6.H2/c1-8(2)14(22-15(18)20-9(3)4)21-13(17)11-7-12-10(16-11)5-6-19-12;/h5-9,14,16H,1-4H3;1H. The van der Waals surface area contributed by atoms with Crippen molar-refractivity contribution in [1.82, 2.24) is 4.98 Å². The number of aromatic amines is 1. The van der Waals surface area contributed by atoms with Crippen LogP contribution in [0.5, 0.6) is 0 Å². The molecule has 1 atom stereocenters. The van der Waals surface area contributed by atoms with Crippen LogP contribution >= 0.6 is 0 Å². The van der Waals surface area contributed by atoms with Gasteiger partial charge < -0.3 is 23.6 Å². The average molecular weight is 311 g/mol. The fraction of sp³-hybridized carbons (Fsp3) is 0.467. The summed E-state index contributed by atoms with van der Waals surface area (Å²) in [6.45, 7) is 6.93. The van der Waals surface area contributed by atoms with Crippen molar-refractivity contribution in [1.29, 1.82) is 0 Å². The largest absolute Gasteiger partial charge is 0.511 e. The maximum atomic E-state index is 12.1. The summed E-state index contributed by atoms with van der Waals surface area (Å²) in [4.78, 5) is 26.5. The van der Waals surface area contributed by atoms with Gasteiger partial charge in [0.05, 0.1) is 17.9 Å². The van der Waals surface area contributed by atoms with Gasteiger partial charge in [0, 0.05) is 19.5 Å². The van der Waals surface area contributed by atoms with Gasteiger partial charge in [0.15, 0.2) is 5.58 Å². The van der Waals surface area contributed by atoms with Crippen LogP contribution in [0.3, 0.4) is 0 Å². The van der Waals surface area contributed by atoms with Crippen molar-refractivity contribution in [3.63, 3.8) is 0 Å². The second kappa shape index (κ2) is 6.55. The van der Waals surface area contributed by atoms with Crippen molar-refractivity contribution < 1.29 is 29.6 Å². The molecule has 2 rings (SSSR count). The molecule has 7 nitrogen and oxygen atoms in total. The first kappa shape index (κ1) is 15.9. The molecule has 0 radical (unpaired) electrons. The highest BCUT2D eigenvalue weighted by Gasteiger charge is 2.25. The number of rotatable bonds is 5. The first-order valence-electron chi connectivity index (χ1n) is 7.01. The third-order valence-electron chi connectivity index (χ3n) is 2.77. The highest BCUT2D eigenvalue weighted by atomic mass is 16.8. The van der Waals surface area contributed by atoms with Gasteiger partial charge in [-0.3, -0.25) is 0 Å². The van der Waals surface area contributed by atoms with E-state index in [9.17, 15) is 9.59 Å². The van der Waals surface area contributed by atoms with E-state index in [4.69, 9.17) is 18.6 Å². The van der Waals surface area contributed by atoms with E-state index in [1.54, 1.807) is 33.8 Å². The van der Waals surface area contributed by atoms with Crippen LogP contribution in [0.2, 0.25) is 0 Å². The first-order chi connectivity index (χ1) is 10.4. The van der Waals surface area contributed by atoms with Crippen molar-refractivity contribution in [2.45, 2.75) is 40.1 Å². The molecule has 2 aromatic rings. The number of nitrogens with one attached hydrogen (secondary N) is 1. The Hall–Kier alpha value is -2.44. The van der Waals surface area contributed by atoms with Crippen molar-refractivity contribution in [2.75, 3.05) is 0 Å². The predicted molar refractivity (Wildman–Crippen MR) is 79.4 cm³/mol. The van der Waals surface area contributed by atoms with E-state index >= 15 is 0 Å². The second-order valence-corrected chi connectivity index (χ2v) is 5.43. The summed E-state index contributed by atoms with van der Waals surface area (Å²) in [5.41, 5.74) is 1.46. The minimum atomic E-state index is -1.03. The molecule has 0 saturated heterocycles. The van der Waals surface area contributed by atoms with E-state index in [0.29, 0.717) is 11.1 Å². The Morgan fingerprint density at radius 3 is 2.50 bits per heavy atom. The average Bonchev–Trinajstić information content (AvgIpc) is 2.96. The number of esters is 1. The van der Waals surface area contributed by atoms with Crippen LogP contribution in [0.1, 0.15) is 39.6 Å². The van der Waals surface area contributed by atoms with Gasteiger partial charge >= 0.3 is 12.1 Å². The van der Waals surface area contributed by atoms with Crippen LogP contribution in [0.4, 0.5) is 4.79 Å². The minimum Gasteiger partial charge on any atom is -0.463 e. The van der Waals surface area contributed by atoms with Gasteiger partial charge in [-0.2, -0.15) is 0 Å². The van der Waals surface area contributed by atoms with Crippen molar-refractivity contribution in [3.8, 4) is 0 Å². The molecule has 0 aliphatic carbocycles. The van der Waals surface area contributed by atoms with Gasteiger partial charge in [0.1, 0.15) is 5.69 Å². The van der Waals surface area contributed by atoms with Crippen molar-refractivity contribution >= 4 is 23.2 Å². The monoisotopic (exact) mass is 311 g/mol. The third kappa shape index (κ3) is 3.81. The lowest BCUT2D eigenvalue weighted by molar-refractivity contribution is -0.118. The summed E-state index contributed by atoms with van der Waals surface area (Å²) in [7, 11) is 0. The number of furan rings is 1. The molecule has 0 aliphatic heterocycles. The Morgan fingerprint density at radius 1 is 1.18 bits per heavy atom. The Bertz CT molecular complexity index is 631. The molecule has 2 aromatic heterocycles. The van der Waals surface area contributed by atoms with Crippen LogP contribution in [-0.2, 0) is 14.2 Å². The zero-order valence-electron chi connectivity index (χ0n) is 12.9. The number of hydrogen-bond donors (Lipinski definition) is 1. The van der Waals surface area contributed by atoms with E-state index < -0.39 is 18.4 Å². The van der Waals surface area contributed by atoms with Crippen LogP contribution in [-0.4, -0.2) is 29.5 Å². The summed E-state index contributed by atoms with van der Waals surface area (Å²) in [6.07, 6.45) is -0.709. The van der Waals surface area contributed by atoms with Crippen molar-refractivity contribution in [3.05, 3.63) is 24.1 Å². The summed E-state index contributed by atoms with van der Waals surface area (Å²) >= 11 is 0. The zero-order valence-corrected chi connectivity index (χ0v) is 12.9. The van der Waals surface area contributed by atoms with E-state index in [1.807, 2.05) is 0 Å². The first-order valence-corrected chi connectivity index (χ1v) is 7.01. The molecule has 22 heavy (non-hydrogen) atoms. The van der Waals surface area contributed by atoms with Gasteiger partial charge in [0.25, 0.3) is 6.29 Å². The molecule has 0 amide bonds. The number of carbonyl (C=O) groups is 2. The third-order valence-corrected chi connectivity index (χ3v) is 2.77. The van der Waals surface area contributed by atoms with E-state index in [1.165, 1.54) is 12.3 Å². The minimum absolute atomic E-state index is 0. The predicted octanol–water partition coefficient (Wildman–Crippen LogP) is 3.71. The molecule has 0 fully saturated rings. The highest BCUT2D eigenvalue weighted by Crippen LogP contribution is 2.18. The molecule has 0 spiro atoms. The van der Waals surface area contributed by atoms with Gasteiger partial charge in [-0.05, 0) is 13.8 Å². The topological polar surface area (TPSA) is 90.8 Å². The van der Waals surface area contributed by atoms with Gasteiger partial charge in [-0.15, -0.1) is 0 Å². The molecule has 7 heteroatoms. The molecule has 0 aromatic carbocycles. The molecule has 1 N–H and O–H groups in total. The van der Waals surface area contributed by atoms with Crippen LogP contribution in [0.15, 0.2) is 22.8 Å².